The molecule has 72 heavy (non-hydrogen) atoms. The summed E-state index contributed by atoms with van der Waals surface area (Å²) >= 11 is 0. The molecule has 0 fully saturated rings. The molecule has 12 aromatic rings. The molecular weight excluding hydrogens is 873 g/mol. The van der Waals surface area contributed by atoms with E-state index < -0.39 is 0 Å². The summed E-state index contributed by atoms with van der Waals surface area (Å²) < 4.78 is 0. The maximum atomic E-state index is 5.35. The van der Waals surface area contributed by atoms with Crippen molar-refractivity contribution in [2.24, 2.45) is 0 Å². The van der Waals surface area contributed by atoms with E-state index in [1.807, 2.05) is 36.4 Å². The lowest BCUT2D eigenvalue weighted by Crippen LogP contribution is -2.01. The normalized spacial score (nSPS) is 11.1. The molecule has 0 aliphatic heterocycles. The molecule has 0 aliphatic carbocycles. The van der Waals surface area contributed by atoms with E-state index in [-0.39, 0.29) is 0 Å². The smallest absolute Gasteiger partial charge is 0.160 e. The molecule has 0 saturated carbocycles. The van der Waals surface area contributed by atoms with Crippen molar-refractivity contribution in [1.29, 1.82) is 0 Å². The van der Waals surface area contributed by atoms with E-state index in [1.54, 1.807) is 0 Å². The zero-order valence-electron chi connectivity index (χ0n) is 39.3. The minimum Gasteiger partial charge on any atom is -0.227 e. The van der Waals surface area contributed by atoms with Gasteiger partial charge in [-0.2, -0.15) is 0 Å². The summed E-state index contributed by atoms with van der Waals surface area (Å²) in [5.74, 6) is 1.34. The van der Waals surface area contributed by atoms with Gasteiger partial charge in [0.1, 0.15) is 0 Å². The van der Waals surface area contributed by atoms with Gasteiger partial charge in [-0.1, -0.05) is 279 Å². The van der Waals surface area contributed by atoms with Gasteiger partial charge in [0.2, 0.25) is 0 Å². The van der Waals surface area contributed by atoms with Gasteiger partial charge in [-0.25, -0.2) is 19.9 Å². The van der Waals surface area contributed by atoms with E-state index in [1.165, 1.54) is 0 Å². The Morgan fingerprint density at radius 2 is 0.361 bits per heavy atom. The quantitative estimate of drug-likeness (QED) is 0.130. The van der Waals surface area contributed by atoms with E-state index in [0.29, 0.717) is 11.6 Å². The molecule has 2 heterocycles. The van der Waals surface area contributed by atoms with Crippen molar-refractivity contribution in [1.82, 2.24) is 19.9 Å². The van der Waals surface area contributed by atoms with E-state index in [0.717, 1.165) is 112 Å². The average Bonchev–Trinajstić information content (AvgIpc) is 3.48. The van der Waals surface area contributed by atoms with Crippen molar-refractivity contribution in [2.45, 2.75) is 0 Å². The van der Waals surface area contributed by atoms with Crippen LogP contribution >= 0.6 is 0 Å². The van der Waals surface area contributed by atoms with Gasteiger partial charge < -0.3 is 0 Å². The van der Waals surface area contributed by atoms with Gasteiger partial charge in [-0.05, 0) is 44.5 Å². The van der Waals surface area contributed by atoms with Crippen LogP contribution in [-0.4, -0.2) is 19.9 Å². The Morgan fingerprint density at radius 1 is 0.153 bits per heavy atom. The van der Waals surface area contributed by atoms with Gasteiger partial charge >= 0.3 is 0 Å². The predicted molar refractivity (Wildman–Crippen MR) is 297 cm³/mol. The van der Waals surface area contributed by atoms with Crippen molar-refractivity contribution in [3.8, 4) is 123 Å². The van der Waals surface area contributed by atoms with Gasteiger partial charge in [-0.3, -0.25) is 0 Å². The van der Waals surface area contributed by atoms with Crippen molar-refractivity contribution >= 4 is 0 Å². The average molecular weight is 919 g/mol. The molecule has 12 rings (SSSR count). The van der Waals surface area contributed by atoms with Crippen LogP contribution in [0.2, 0.25) is 0 Å². The number of rotatable bonds is 11. The van der Waals surface area contributed by atoms with Crippen LogP contribution in [0.25, 0.3) is 123 Å². The van der Waals surface area contributed by atoms with Crippen LogP contribution in [-0.2, 0) is 0 Å². The Hall–Kier alpha value is -9.64. The highest BCUT2D eigenvalue weighted by molar-refractivity contribution is 5.95. The van der Waals surface area contributed by atoms with Crippen LogP contribution in [0.4, 0.5) is 0 Å². The minimum absolute atomic E-state index is 0.672. The van der Waals surface area contributed by atoms with Crippen molar-refractivity contribution in [3.63, 3.8) is 0 Å². The minimum atomic E-state index is 0.672. The third-order valence-electron chi connectivity index (χ3n) is 13.2. The number of aromatic nitrogens is 4. The Labute approximate surface area is 420 Å². The van der Waals surface area contributed by atoms with Crippen LogP contribution in [0.5, 0.6) is 0 Å². The zero-order chi connectivity index (χ0) is 48.1. The van der Waals surface area contributed by atoms with Crippen LogP contribution in [0.15, 0.2) is 279 Å². The van der Waals surface area contributed by atoms with E-state index in [2.05, 4.69) is 243 Å². The van der Waals surface area contributed by atoms with Crippen LogP contribution in [0, 0.1) is 0 Å². The molecule has 0 bridgehead atoms. The molecule has 0 atom stereocenters. The molecule has 0 spiro atoms. The number of hydrogen-bond donors (Lipinski definition) is 0. The molecular formula is C68H46N4. The lowest BCUT2D eigenvalue weighted by molar-refractivity contribution is 1.18. The summed E-state index contributed by atoms with van der Waals surface area (Å²) in [6.45, 7) is 0. The summed E-state index contributed by atoms with van der Waals surface area (Å²) in [7, 11) is 0. The fraction of sp³-hybridized carbons (Fsp3) is 0. The Balaban J connectivity index is 0.914. The predicted octanol–water partition coefficient (Wildman–Crippen LogP) is 17.6. The van der Waals surface area contributed by atoms with Crippen molar-refractivity contribution in [3.05, 3.63) is 279 Å². The second-order valence-corrected chi connectivity index (χ2v) is 17.7. The van der Waals surface area contributed by atoms with Crippen molar-refractivity contribution < 1.29 is 0 Å². The first kappa shape index (κ1) is 43.6. The second kappa shape index (κ2) is 19.8. The van der Waals surface area contributed by atoms with Crippen LogP contribution in [0.1, 0.15) is 0 Å². The largest absolute Gasteiger partial charge is 0.227 e. The van der Waals surface area contributed by atoms with Crippen LogP contribution < -0.4 is 0 Å². The fourth-order valence-corrected chi connectivity index (χ4v) is 9.69. The zero-order valence-corrected chi connectivity index (χ0v) is 39.3. The molecule has 0 N–H and O–H groups in total. The first-order valence-electron chi connectivity index (χ1n) is 24.3. The molecule has 4 heteroatoms. The molecule has 0 saturated heterocycles. The molecule has 2 aromatic heterocycles. The monoisotopic (exact) mass is 918 g/mol. The lowest BCUT2D eigenvalue weighted by Gasteiger charge is -2.18. The summed E-state index contributed by atoms with van der Waals surface area (Å²) in [5, 5.41) is 0. The molecule has 10 aromatic carbocycles. The lowest BCUT2D eigenvalue weighted by atomic mass is 9.89. The molecule has 338 valence electrons. The van der Waals surface area contributed by atoms with Gasteiger partial charge in [-0.15, -0.1) is 0 Å². The molecule has 0 unspecified atom stereocenters. The van der Waals surface area contributed by atoms with E-state index in [9.17, 15) is 0 Å². The number of hydrogen-bond acceptors (Lipinski definition) is 4. The second-order valence-electron chi connectivity index (χ2n) is 17.7. The van der Waals surface area contributed by atoms with E-state index >= 15 is 0 Å². The third-order valence-corrected chi connectivity index (χ3v) is 13.2. The molecule has 0 radical (unpaired) electrons. The van der Waals surface area contributed by atoms with E-state index in [4.69, 9.17) is 19.9 Å². The highest BCUT2D eigenvalue weighted by Gasteiger charge is 2.22. The highest BCUT2D eigenvalue weighted by atomic mass is 14.9. The first-order chi connectivity index (χ1) is 35.7. The Bertz CT molecular complexity index is 3410. The third kappa shape index (κ3) is 8.70. The number of nitrogens with zero attached hydrogens (tertiary/aromatic N) is 4. The van der Waals surface area contributed by atoms with Gasteiger partial charge in [0.05, 0.1) is 22.8 Å². The Morgan fingerprint density at radius 3 is 0.625 bits per heavy atom. The molecule has 0 aliphatic rings. The number of benzene rings is 10. The summed E-state index contributed by atoms with van der Waals surface area (Å²) in [5.41, 5.74) is 20.5. The SMILES string of the molecule is c1ccc(-c2nc(-c3ccc(-c4ccccc4-c4ccccc4-c4ccc(-c5nc(-c6ccccc6)c(-c6ccccc6)c(-c6ccccc6)n5)cc4)cc3)nc(-c3ccccc3)c2-c2ccccc2)cc1. The summed E-state index contributed by atoms with van der Waals surface area (Å²) in [4.78, 5) is 21.4. The van der Waals surface area contributed by atoms with Gasteiger partial charge in [0, 0.05) is 44.5 Å². The summed E-state index contributed by atoms with van der Waals surface area (Å²) in [6, 6.07) is 97.4. The molecule has 0 amide bonds. The Kier molecular flexibility index (Phi) is 12.0. The van der Waals surface area contributed by atoms with Gasteiger partial charge in [0.15, 0.2) is 11.6 Å². The first-order valence-corrected chi connectivity index (χ1v) is 24.3. The maximum absolute atomic E-state index is 5.35. The fourth-order valence-electron chi connectivity index (χ4n) is 9.69. The van der Waals surface area contributed by atoms with Crippen LogP contribution in [0.3, 0.4) is 0 Å². The summed E-state index contributed by atoms with van der Waals surface area (Å²) in [6.07, 6.45) is 0. The standard InChI is InChI=1S/C68H46N4/c1-7-23-49(24-8-1)61-63(51-27-11-3-12-28-51)69-67(70-64(61)52-29-13-4-14-30-52)55-43-39-47(40-44-55)57-35-19-21-37-59(57)60-38-22-20-36-58(60)48-41-45-56(46-42-48)68-71-65(53-31-15-5-16-32-53)62(50-25-9-2-10-26-50)66(72-68)54-33-17-6-18-34-54/h1-46H. The van der Waals surface area contributed by atoms with Crippen molar-refractivity contribution in [2.75, 3.05) is 0 Å². The van der Waals surface area contributed by atoms with Gasteiger partial charge in [0.25, 0.3) is 0 Å². The highest BCUT2D eigenvalue weighted by Crippen LogP contribution is 2.43. The topological polar surface area (TPSA) is 51.6 Å². The molecule has 4 nitrogen and oxygen atoms in total. The maximum Gasteiger partial charge on any atom is 0.160 e.